The summed E-state index contributed by atoms with van der Waals surface area (Å²) in [6.07, 6.45) is 8.31. The maximum atomic E-state index is 13.1. The quantitative estimate of drug-likeness (QED) is 0.330. The van der Waals surface area contributed by atoms with Crippen LogP contribution in [0.25, 0.3) is 0 Å². The van der Waals surface area contributed by atoms with E-state index in [0.717, 1.165) is 36.8 Å². The van der Waals surface area contributed by atoms with Gasteiger partial charge in [-0.25, -0.2) is 0 Å². The molecule has 1 N–H and O–H groups in total. The van der Waals surface area contributed by atoms with Crippen LogP contribution in [0.4, 0.5) is 0 Å². The lowest BCUT2D eigenvalue weighted by molar-refractivity contribution is -0.160. The number of carboxylic acids is 1. The summed E-state index contributed by atoms with van der Waals surface area (Å²) in [5.41, 5.74) is 2.06. The highest BCUT2D eigenvalue weighted by molar-refractivity contribution is 5.71. The molecule has 7 rings (SSSR count). The third kappa shape index (κ3) is 5.26. The van der Waals surface area contributed by atoms with Gasteiger partial charge in [0.05, 0.1) is 47.1 Å². The SMILES string of the molecule is COc1ccc(C[C@H]2CO[C@H](c3ccc(OC)c(OC)c3)[C@@H]2CC(C(=O)O)C23CC4CC(CC(C4)C2)C3)cc1OC. The van der Waals surface area contributed by atoms with Crippen molar-refractivity contribution in [1.82, 2.24) is 0 Å². The Morgan fingerprint density at radius 3 is 1.98 bits per heavy atom. The van der Waals surface area contributed by atoms with Gasteiger partial charge in [0, 0.05) is 0 Å². The number of aliphatic carboxylic acids is 1. The van der Waals surface area contributed by atoms with E-state index in [1.165, 1.54) is 19.3 Å². The van der Waals surface area contributed by atoms with E-state index >= 15 is 0 Å². The average molecular weight is 565 g/mol. The molecule has 7 nitrogen and oxygen atoms in total. The first-order chi connectivity index (χ1) is 19.9. The summed E-state index contributed by atoms with van der Waals surface area (Å²) in [6.45, 7) is 0.575. The molecule has 222 valence electrons. The largest absolute Gasteiger partial charge is 0.493 e. The van der Waals surface area contributed by atoms with Gasteiger partial charge in [0.2, 0.25) is 0 Å². The molecule has 0 aromatic heterocycles. The first-order valence-corrected chi connectivity index (χ1v) is 15.1. The van der Waals surface area contributed by atoms with E-state index in [9.17, 15) is 9.90 Å². The van der Waals surface area contributed by atoms with Crippen LogP contribution in [0.2, 0.25) is 0 Å². The van der Waals surface area contributed by atoms with Gasteiger partial charge in [-0.05, 0) is 122 Å². The molecule has 0 spiro atoms. The predicted octanol–water partition coefficient (Wildman–Crippen LogP) is 6.57. The zero-order valence-corrected chi connectivity index (χ0v) is 24.8. The molecule has 1 heterocycles. The number of methoxy groups -OCH3 is 4. The summed E-state index contributed by atoms with van der Waals surface area (Å²) in [5, 5.41) is 10.8. The van der Waals surface area contributed by atoms with Crippen molar-refractivity contribution in [3.05, 3.63) is 47.5 Å². The van der Waals surface area contributed by atoms with Gasteiger partial charge < -0.3 is 28.8 Å². The van der Waals surface area contributed by atoms with Gasteiger partial charge >= 0.3 is 5.97 Å². The van der Waals surface area contributed by atoms with E-state index in [2.05, 4.69) is 6.07 Å². The molecule has 1 aliphatic heterocycles. The van der Waals surface area contributed by atoms with Crippen LogP contribution in [0.5, 0.6) is 23.0 Å². The summed E-state index contributed by atoms with van der Waals surface area (Å²) in [4.78, 5) is 13.1. The number of carbonyl (C=O) groups is 1. The van der Waals surface area contributed by atoms with Crippen LogP contribution >= 0.6 is 0 Å². The van der Waals surface area contributed by atoms with Crippen LogP contribution in [-0.4, -0.2) is 46.1 Å². The fraction of sp³-hybridized carbons (Fsp3) is 0.618. The first kappa shape index (κ1) is 28.2. The molecule has 0 amide bonds. The lowest BCUT2D eigenvalue weighted by Gasteiger charge is -2.59. The Morgan fingerprint density at radius 1 is 0.854 bits per heavy atom. The molecule has 4 saturated carbocycles. The zero-order valence-electron chi connectivity index (χ0n) is 24.8. The molecule has 4 aliphatic carbocycles. The van der Waals surface area contributed by atoms with Crippen molar-refractivity contribution in [2.75, 3.05) is 35.0 Å². The summed E-state index contributed by atoms with van der Waals surface area (Å²) in [5.74, 6) is 4.06. The number of benzene rings is 2. The Morgan fingerprint density at radius 2 is 1.41 bits per heavy atom. The molecule has 41 heavy (non-hydrogen) atoms. The molecule has 2 aromatic carbocycles. The van der Waals surface area contributed by atoms with E-state index in [4.69, 9.17) is 23.7 Å². The van der Waals surface area contributed by atoms with Gasteiger partial charge in [-0.1, -0.05) is 12.1 Å². The highest BCUT2D eigenvalue weighted by Crippen LogP contribution is 2.64. The second-order valence-corrected chi connectivity index (χ2v) is 13.1. The third-order valence-corrected chi connectivity index (χ3v) is 10.8. The van der Waals surface area contributed by atoms with Crippen molar-refractivity contribution in [3.63, 3.8) is 0 Å². The van der Waals surface area contributed by atoms with Crippen LogP contribution in [0, 0.1) is 40.9 Å². The molecule has 4 atom stereocenters. The Kier molecular flexibility index (Phi) is 7.84. The summed E-state index contributed by atoms with van der Waals surface area (Å²) in [7, 11) is 6.57. The Bertz CT molecular complexity index is 1220. The molecule has 5 fully saturated rings. The first-order valence-electron chi connectivity index (χ1n) is 15.1. The predicted molar refractivity (Wildman–Crippen MR) is 155 cm³/mol. The molecule has 7 heteroatoms. The maximum absolute atomic E-state index is 13.1. The maximum Gasteiger partial charge on any atom is 0.307 e. The minimum absolute atomic E-state index is 0.0512. The van der Waals surface area contributed by atoms with Gasteiger partial charge in [-0.15, -0.1) is 0 Å². The van der Waals surface area contributed by atoms with Crippen molar-refractivity contribution < 1.29 is 33.6 Å². The number of hydrogen-bond acceptors (Lipinski definition) is 6. The molecule has 1 saturated heterocycles. The van der Waals surface area contributed by atoms with E-state index in [1.807, 2.05) is 30.3 Å². The number of hydrogen-bond donors (Lipinski definition) is 1. The molecule has 4 bridgehead atoms. The van der Waals surface area contributed by atoms with Gasteiger partial charge in [-0.3, -0.25) is 4.79 Å². The fourth-order valence-electron chi connectivity index (χ4n) is 9.42. The molecular formula is C34H44O7. The minimum Gasteiger partial charge on any atom is -0.493 e. The van der Waals surface area contributed by atoms with Crippen LogP contribution in [0.1, 0.15) is 62.2 Å². The number of rotatable bonds is 11. The number of ether oxygens (including phenoxy) is 5. The normalized spacial score (nSPS) is 32.5. The Labute approximate surface area is 243 Å². The van der Waals surface area contributed by atoms with E-state index in [1.54, 1.807) is 28.4 Å². The monoisotopic (exact) mass is 564 g/mol. The van der Waals surface area contributed by atoms with Gasteiger partial charge in [0.1, 0.15) is 0 Å². The van der Waals surface area contributed by atoms with E-state index < -0.39 is 5.97 Å². The van der Waals surface area contributed by atoms with Crippen molar-refractivity contribution in [1.29, 1.82) is 0 Å². The summed E-state index contributed by atoms with van der Waals surface area (Å²) in [6, 6.07) is 12.0. The second-order valence-electron chi connectivity index (χ2n) is 13.1. The summed E-state index contributed by atoms with van der Waals surface area (Å²) >= 11 is 0. The van der Waals surface area contributed by atoms with E-state index in [0.29, 0.717) is 53.8 Å². The summed E-state index contributed by atoms with van der Waals surface area (Å²) < 4.78 is 28.7. The van der Waals surface area contributed by atoms with Crippen LogP contribution in [0.3, 0.4) is 0 Å². The zero-order chi connectivity index (χ0) is 28.7. The topological polar surface area (TPSA) is 83.5 Å². The molecule has 5 aliphatic rings. The van der Waals surface area contributed by atoms with Crippen molar-refractivity contribution in [3.8, 4) is 23.0 Å². The molecule has 2 aromatic rings. The number of carboxylic acid groups (broad SMARTS) is 1. The van der Waals surface area contributed by atoms with Gasteiger partial charge in [-0.2, -0.15) is 0 Å². The minimum atomic E-state index is -0.630. The fourth-order valence-corrected chi connectivity index (χ4v) is 9.42. The van der Waals surface area contributed by atoms with Crippen LogP contribution in [-0.2, 0) is 16.0 Å². The second kappa shape index (κ2) is 11.4. The van der Waals surface area contributed by atoms with Crippen molar-refractivity contribution >= 4 is 5.97 Å². The Balaban J connectivity index is 1.33. The molecule has 1 unspecified atom stereocenters. The van der Waals surface area contributed by atoms with Crippen molar-refractivity contribution in [2.45, 2.75) is 57.5 Å². The van der Waals surface area contributed by atoms with Gasteiger partial charge in [0.15, 0.2) is 23.0 Å². The van der Waals surface area contributed by atoms with E-state index in [-0.39, 0.29) is 29.3 Å². The highest BCUT2D eigenvalue weighted by Gasteiger charge is 2.57. The van der Waals surface area contributed by atoms with Crippen LogP contribution < -0.4 is 18.9 Å². The highest BCUT2D eigenvalue weighted by atomic mass is 16.5. The van der Waals surface area contributed by atoms with Gasteiger partial charge in [0.25, 0.3) is 0 Å². The molecular weight excluding hydrogens is 520 g/mol. The lowest BCUT2D eigenvalue weighted by Crippen LogP contribution is -2.52. The Hall–Kier alpha value is -2.93. The lowest BCUT2D eigenvalue weighted by atomic mass is 9.45. The average Bonchev–Trinajstić information content (AvgIpc) is 3.36. The molecule has 0 radical (unpaired) electrons. The van der Waals surface area contributed by atoms with Crippen molar-refractivity contribution in [2.24, 2.45) is 40.9 Å². The smallest absolute Gasteiger partial charge is 0.307 e. The third-order valence-electron chi connectivity index (χ3n) is 10.8. The standard InChI is InChI=1S/C34H44O7/c1-37-28-7-5-20(13-30(28)39-3)12-25-19-41-32(24-6-8-29(38-2)31(14-24)40-4)26(25)15-27(33(35)36)34-16-21-9-22(17-34)11-23(10-21)18-34/h5-8,13-14,21-23,25-27,32H,9-12,15-19H2,1-4H3,(H,35,36)/t21?,22?,23?,25-,26+,27?,32+,34?/m0/s1. The van der Waals surface area contributed by atoms with Crippen LogP contribution in [0.15, 0.2) is 36.4 Å².